The van der Waals surface area contributed by atoms with Crippen LogP contribution in [0.4, 0.5) is 0 Å². The Morgan fingerprint density at radius 2 is 1.91 bits per heavy atom. The molecule has 0 amide bonds. The Labute approximate surface area is 189 Å². The Hall–Kier alpha value is -3.02. The zero-order valence-electron chi connectivity index (χ0n) is 18.8. The van der Waals surface area contributed by atoms with Gasteiger partial charge in [0.1, 0.15) is 5.82 Å². The molecule has 2 aromatic heterocycles. The maximum Gasteiger partial charge on any atom is 0.336 e. The van der Waals surface area contributed by atoms with Crippen molar-refractivity contribution in [3.8, 4) is 11.1 Å². The number of aromatic nitrogens is 4. The normalized spacial score (nSPS) is 14.5. The van der Waals surface area contributed by atoms with E-state index in [9.17, 15) is 9.90 Å². The van der Waals surface area contributed by atoms with Crippen LogP contribution in [0.1, 0.15) is 91.9 Å². The standard InChI is InChI=1S/C26H32N4O2/c1-2-3-9-16-30-24(28-25(29-30)19-10-5-4-6-11-19)17-21-15-14-20(18-27-21)22-12-7-8-13-23(22)26(31)32/h7-8,12-15,18-19H,2-6,9-11,16-17H2,1H3,(H,31,32). The van der Waals surface area contributed by atoms with Crippen molar-refractivity contribution < 1.29 is 9.90 Å². The quantitative estimate of drug-likeness (QED) is 0.428. The van der Waals surface area contributed by atoms with E-state index in [-0.39, 0.29) is 5.56 Å². The first kappa shape index (κ1) is 22.2. The van der Waals surface area contributed by atoms with Crippen LogP contribution in [0, 0.1) is 0 Å². The van der Waals surface area contributed by atoms with Crippen LogP contribution in [0.15, 0.2) is 42.6 Å². The average Bonchev–Trinajstić information content (AvgIpc) is 3.23. The molecule has 6 nitrogen and oxygen atoms in total. The lowest BCUT2D eigenvalue weighted by Crippen LogP contribution is -2.08. The zero-order valence-corrected chi connectivity index (χ0v) is 18.8. The summed E-state index contributed by atoms with van der Waals surface area (Å²) in [7, 11) is 0. The fourth-order valence-corrected chi connectivity index (χ4v) is 4.52. The van der Waals surface area contributed by atoms with Crippen LogP contribution >= 0.6 is 0 Å². The molecule has 0 aliphatic heterocycles. The zero-order chi connectivity index (χ0) is 22.3. The average molecular weight is 433 g/mol. The maximum absolute atomic E-state index is 11.5. The molecule has 1 fully saturated rings. The molecule has 1 N–H and O–H groups in total. The minimum absolute atomic E-state index is 0.287. The molecule has 4 rings (SSSR count). The molecule has 32 heavy (non-hydrogen) atoms. The van der Waals surface area contributed by atoms with Gasteiger partial charge in [0.2, 0.25) is 0 Å². The number of carboxylic acids is 1. The van der Waals surface area contributed by atoms with Gasteiger partial charge in [-0.3, -0.25) is 4.98 Å². The molecular weight excluding hydrogens is 400 g/mol. The number of carbonyl (C=O) groups is 1. The van der Waals surface area contributed by atoms with Gasteiger partial charge in [0.15, 0.2) is 5.82 Å². The lowest BCUT2D eigenvalue weighted by atomic mass is 9.89. The molecule has 2 heterocycles. The van der Waals surface area contributed by atoms with Crippen LogP contribution in [-0.4, -0.2) is 30.8 Å². The van der Waals surface area contributed by atoms with E-state index in [2.05, 4.69) is 16.6 Å². The second-order valence-corrected chi connectivity index (χ2v) is 8.72. The Bertz CT molecular complexity index is 1040. The van der Waals surface area contributed by atoms with Crippen molar-refractivity contribution in [2.75, 3.05) is 0 Å². The summed E-state index contributed by atoms with van der Waals surface area (Å²) >= 11 is 0. The number of nitrogens with zero attached hydrogens (tertiary/aromatic N) is 4. The fraction of sp³-hybridized carbons (Fsp3) is 0.462. The molecule has 0 saturated heterocycles. The molecule has 0 atom stereocenters. The highest BCUT2D eigenvalue weighted by atomic mass is 16.4. The van der Waals surface area contributed by atoms with Crippen LogP contribution in [0.2, 0.25) is 0 Å². The summed E-state index contributed by atoms with van der Waals surface area (Å²) in [5.41, 5.74) is 2.69. The molecule has 3 aromatic rings. The molecule has 6 heteroatoms. The topological polar surface area (TPSA) is 80.9 Å². The second kappa shape index (κ2) is 10.5. The first-order valence-corrected chi connectivity index (χ1v) is 11.9. The Kier molecular flexibility index (Phi) is 7.30. The summed E-state index contributed by atoms with van der Waals surface area (Å²) in [6.07, 6.45) is 12.1. The summed E-state index contributed by atoms with van der Waals surface area (Å²) in [5, 5.41) is 14.4. The van der Waals surface area contributed by atoms with Crippen molar-refractivity contribution in [2.45, 2.75) is 77.2 Å². The van der Waals surface area contributed by atoms with E-state index in [0.717, 1.165) is 35.9 Å². The van der Waals surface area contributed by atoms with Crippen molar-refractivity contribution in [3.05, 3.63) is 65.5 Å². The molecule has 0 bridgehead atoms. The first-order chi connectivity index (χ1) is 15.7. The van der Waals surface area contributed by atoms with Gasteiger partial charge < -0.3 is 5.11 Å². The lowest BCUT2D eigenvalue weighted by Gasteiger charge is -2.18. The number of hydrogen-bond donors (Lipinski definition) is 1. The smallest absolute Gasteiger partial charge is 0.336 e. The van der Waals surface area contributed by atoms with Gasteiger partial charge in [0.25, 0.3) is 0 Å². The van der Waals surface area contributed by atoms with E-state index in [4.69, 9.17) is 10.1 Å². The first-order valence-electron chi connectivity index (χ1n) is 11.9. The third-order valence-corrected chi connectivity index (χ3v) is 6.34. The van der Waals surface area contributed by atoms with Gasteiger partial charge in [-0.25, -0.2) is 14.5 Å². The monoisotopic (exact) mass is 432 g/mol. The Morgan fingerprint density at radius 1 is 1.09 bits per heavy atom. The highest BCUT2D eigenvalue weighted by Crippen LogP contribution is 2.31. The number of rotatable bonds is 9. The van der Waals surface area contributed by atoms with Crippen LogP contribution in [0.3, 0.4) is 0 Å². The molecule has 0 spiro atoms. The SMILES string of the molecule is CCCCCn1nc(C2CCCCC2)nc1Cc1ccc(-c2ccccc2C(=O)O)cn1. The number of aryl methyl sites for hydroxylation is 1. The molecule has 0 unspecified atom stereocenters. The van der Waals surface area contributed by atoms with Crippen molar-refractivity contribution >= 4 is 5.97 Å². The van der Waals surface area contributed by atoms with Crippen molar-refractivity contribution in [1.29, 1.82) is 0 Å². The maximum atomic E-state index is 11.5. The van der Waals surface area contributed by atoms with Gasteiger partial charge in [-0.1, -0.05) is 63.3 Å². The number of unbranched alkanes of at least 4 members (excludes halogenated alkanes) is 2. The molecule has 1 aliphatic carbocycles. The lowest BCUT2D eigenvalue weighted by molar-refractivity contribution is 0.0697. The molecule has 1 aromatic carbocycles. The number of hydrogen-bond acceptors (Lipinski definition) is 4. The minimum atomic E-state index is -0.930. The molecule has 168 valence electrons. The van der Waals surface area contributed by atoms with E-state index in [0.29, 0.717) is 17.9 Å². The second-order valence-electron chi connectivity index (χ2n) is 8.72. The molecule has 1 saturated carbocycles. The molecular formula is C26H32N4O2. The number of benzene rings is 1. The largest absolute Gasteiger partial charge is 0.478 e. The highest BCUT2D eigenvalue weighted by Gasteiger charge is 2.22. The van der Waals surface area contributed by atoms with Crippen LogP contribution < -0.4 is 0 Å². The van der Waals surface area contributed by atoms with Crippen molar-refractivity contribution in [1.82, 2.24) is 19.7 Å². The van der Waals surface area contributed by atoms with Gasteiger partial charge in [-0.2, -0.15) is 5.10 Å². The number of pyridine rings is 1. The summed E-state index contributed by atoms with van der Waals surface area (Å²) in [6, 6.07) is 11.0. The fourth-order valence-electron chi connectivity index (χ4n) is 4.52. The summed E-state index contributed by atoms with van der Waals surface area (Å²) in [5.74, 6) is 1.54. The van der Waals surface area contributed by atoms with E-state index in [1.54, 1.807) is 18.3 Å². The van der Waals surface area contributed by atoms with Crippen molar-refractivity contribution in [3.63, 3.8) is 0 Å². The van der Waals surface area contributed by atoms with E-state index in [1.807, 2.05) is 24.3 Å². The molecule has 1 aliphatic rings. The number of carboxylic acid groups (broad SMARTS) is 1. The summed E-state index contributed by atoms with van der Waals surface area (Å²) in [6.45, 7) is 3.11. The summed E-state index contributed by atoms with van der Waals surface area (Å²) in [4.78, 5) is 21.1. The predicted molar refractivity (Wildman–Crippen MR) is 125 cm³/mol. The van der Waals surface area contributed by atoms with Crippen LogP contribution in [-0.2, 0) is 13.0 Å². The Morgan fingerprint density at radius 3 is 2.62 bits per heavy atom. The van der Waals surface area contributed by atoms with Crippen molar-refractivity contribution in [2.24, 2.45) is 0 Å². The number of aromatic carboxylic acids is 1. The van der Waals surface area contributed by atoms with Gasteiger partial charge in [0, 0.05) is 36.3 Å². The van der Waals surface area contributed by atoms with E-state index >= 15 is 0 Å². The minimum Gasteiger partial charge on any atom is -0.478 e. The molecule has 0 radical (unpaired) electrons. The van der Waals surface area contributed by atoms with Gasteiger partial charge in [0.05, 0.1) is 5.56 Å². The summed E-state index contributed by atoms with van der Waals surface area (Å²) < 4.78 is 2.09. The Balaban J connectivity index is 1.55. The third kappa shape index (κ3) is 5.23. The van der Waals surface area contributed by atoms with Gasteiger partial charge in [-0.15, -0.1) is 0 Å². The highest BCUT2D eigenvalue weighted by molar-refractivity contribution is 5.95. The third-order valence-electron chi connectivity index (χ3n) is 6.34. The van der Waals surface area contributed by atoms with Crippen LogP contribution in [0.25, 0.3) is 11.1 Å². The van der Waals surface area contributed by atoms with Gasteiger partial charge >= 0.3 is 5.97 Å². The van der Waals surface area contributed by atoms with Crippen LogP contribution in [0.5, 0.6) is 0 Å². The van der Waals surface area contributed by atoms with Gasteiger partial charge in [-0.05, 0) is 37.0 Å². The van der Waals surface area contributed by atoms with E-state index in [1.165, 1.54) is 44.9 Å². The predicted octanol–water partition coefficient (Wildman–Crippen LogP) is 5.87. The van der Waals surface area contributed by atoms with E-state index < -0.39 is 5.97 Å².